The van der Waals surface area contributed by atoms with Gasteiger partial charge in [-0.15, -0.1) is 0 Å². The first-order chi connectivity index (χ1) is 18.3. The maximum absolute atomic E-state index is 14.0. The van der Waals surface area contributed by atoms with E-state index in [0.717, 1.165) is 15.4 Å². The summed E-state index contributed by atoms with van der Waals surface area (Å²) in [6.45, 7) is 8.84. The zero-order valence-electron chi connectivity index (χ0n) is 23.3. The monoisotopic (exact) mass is 551 g/mol. The number of rotatable bonds is 10. The van der Waals surface area contributed by atoms with Gasteiger partial charge in [0.2, 0.25) is 11.8 Å². The summed E-state index contributed by atoms with van der Waals surface area (Å²) < 4.78 is 33.9. The van der Waals surface area contributed by atoms with Crippen molar-refractivity contribution in [1.82, 2.24) is 10.2 Å². The van der Waals surface area contributed by atoms with Gasteiger partial charge in [-0.2, -0.15) is 0 Å². The highest BCUT2D eigenvalue weighted by Crippen LogP contribution is 2.26. The Labute approximate surface area is 231 Å². The number of ether oxygens (including phenoxy) is 1. The Morgan fingerprint density at radius 2 is 1.51 bits per heavy atom. The van der Waals surface area contributed by atoms with Gasteiger partial charge in [0.15, 0.2) is 0 Å². The van der Waals surface area contributed by atoms with Crippen molar-refractivity contribution in [3.63, 3.8) is 0 Å². The maximum atomic E-state index is 14.0. The number of methoxy groups -OCH3 is 1. The summed E-state index contributed by atoms with van der Waals surface area (Å²) in [6, 6.07) is 21.2. The molecule has 0 heterocycles. The molecule has 0 aliphatic heterocycles. The van der Waals surface area contributed by atoms with Gasteiger partial charge in [-0.25, -0.2) is 8.42 Å². The van der Waals surface area contributed by atoms with Crippen LogP contribution in [0.25, 0.3) is 0 Å². The largest absolute Gasteiger partial charge is 0.497 e. The van der Waals surface area contributed by atoms with E-state index in [1.54, 1.807) is 49.4 Å². The summed E-state index contributed by atoms with van der Waals surface area (Å²) >= 11 is 0. The van der Waals surface area contributed by atoms with Crippen LogP contribution in [0.15, 0.2) is 83.8 Å². The molecule has 1 atom stereocenters. The second kappa shape index (κ2) is 12.3. The van der Waals surface area contributed by atoms with Gasteiger partial charge >= 0.3 is 0 Å². The first-order valence-electron chi connectivity index (χ1n) is 12.7. The third-order valence-electron chi connectivity index (χ3n) is 6.24. The van der Waals surface area contributed by atoms with Crippen molar-refractivity contribution in [2.45, 2.75) is 57.6 Å². The summed E-state index contributed by atoms with van der Waals surface area (Å²) in [5.74, 6) is -0.316. The molecule has 39 heavy (non-hydrogen) atoms. The molecule has 1 N–H and O–H groups in total. The highest BCUT2D eigenvalue weighted by Gasteiger charge is 2.33. The van der Waals surface area contributed by atoms with Gasteiger partial charge in [0.05, 0.1) is 17.7 Å². The first-order valence-corrected chi connectivity index (χ1v) is 14.2. The van der Waals surface area contributed by atoms with Crippen molar-refractivity contribution >= 4 is 27.5 Å². The fourth-order valence-corrected chi connectivity index (χ4v) is 5.44. The van der Waals surface area contributed by atoms with Crippen LogP contribution in [0.5, 0.6) is 5.75 Å². The molecule has 9 heteroatoms. The van der Waals surface area contributed by atoms with Crippen LogP contribution in [-0.4, -0.2) is 50.4 Å². The van der Waals surface area contributed by atoms with E-state index >= 15 is 0 Å². The smallest absolute Gasteiger partial charge is 0.264 e. The number of carbonyl (C=O) groups is 2. The lowest BCUT2D eigenvalue weighted by atomic mass is 10.1. The standard InChI is InChI=1S/C30H37N3O5S/c1-22-12-10-11-13-24(22)20-32(23(2)29(35)31-30(3,4)5)28(34)21-33(25-14-8-7-9-15-25)39(36,37)27-18-16-26(38-6)17-19-27/h7-19,23H,20-21H2,1-6H3,(H,31,35)/t23-/m0/s1. The lowest BCUT2D eigenvalue weighted by molar-refractivity contribution is -0.140. The van der Waals surface area contributed by atoms with Gasteiger partial charge < -0.3 is 15.0 Å². The molecule has 0 aliphatic carbocycles. The van der Waals surface area contributed by atoms with Crippen molar-refractivity contribution < 1.29 is 22.7 Å². The molecule has 208 valence electrons. The molecular formula is C30H37N3O5S. The molecule has 0 spiro atoms. The minimum absolute atomic E-state index is 0.0175. The van der Waals surface area contributed by atoms with E-state index in [1.807, 2.05) is 52.0 Å². The van der Waals surface area contributed by atoms with Gasteiger partial charge in [0.25, 0.3) is 10.0 Å². The fraction of sp³-hybridized carbons (Fsp3) is 0.333. The predicted molar refractivity (Wildman–Crippen MR) is 153 cm³/mol. The van der Waals surface area contributed by atoms with Crippen molar-refractivity contribution in [1.29, 1.82) is 0 Å². The SMILES string of the molecule is COc1ccc(S(=O)(=O)N(CC(=O)N(Cc2ccccc2C)[C@@H](C)C(=O)NC(C)(C)C)c2ccccc2)cc1. The molecule has 0 radical (unpaired) electrons. The molecule has 2 amide bonds. The molecule has 3 aromatic carbocycles. The molecule has 0 aliphatic rings. The molecule has 3 rings (SSSR count). The number of para-hydroxylation sites is 1. The van der Waals surface area contributed by atoms with E-state index in [2.05, 4.69) is 5.32 Å². The number of aryl methyl sites for hydroxylation is 1. The van der Waals surface area contributed by atoms with Crippen molar-refractivity contribution in [2.75, 3.05) is 18.0 Å². The highest BCUT2D eigenvalue weighted by atomic mass is 32.2. The van der Waals surface area contributed by atoms with Gasteiger partial charge in [-0.1, -0.05) is 42.5 Å². The van der Waals surface area contributed by atoms with E-state index in [0.29, 0.717) is 11.4 Å². The summed E-state index contributed by atoms with van der Waals surface area (Å²) in [6.07, 6.45) is 0. The fourth-order valence-electron chi connectivity index (χ4n) is 4.03. The van der Waals surface area contributed by atoms with Crippen LogP contribution in [0.4, 0.5) is 5.69 Å². The Morgan fingerprint density at radius 3 is 2.08 bits per heavy atom. The summed E-state index contributed by atoms with van der Waals surface area (Å²) in [5.41, 5.74) is 1.66. The van der Waals surface area contributed by atoms with Gasteiger partial charge in [0.1, 0.15) is 18.3 Å². The summed E-state index contributed by atoms with van der Waals surface area (Å²) in [4.78, 5) is 28.6. The third kappa shape index (κ3) is 7.60. The minimum Gasteiger partial charge on any atom is -0.497 e. The number of sulfonamides is 1. The normalized spacial score (nSPS) is 12.4. The topological polar surface area (TPSA) is 96.0 Å². The Kier molecular flexibility index (Phi) is 9.40. The van der Waals surface area contributed by atoms with Crippen LogP contribution in [-0.2, 0) is 26.2 Å². The molecule has 0 saturated carbocycles. The number of benzene rings is 3. The zero-order valence-corrected chi connectivity index (χ0v) is 24.2. The molecule has 0 saturated heterocycles. The van der Waals surface area contributed by atoms with Gasteiger partial charge in [-0.3, -0.25) is 13.9 Å². The highest BCUT2D eigenvalue weighted by molar-refractivity contribution is 7.92. The second-order valence-corrected chi connectivity index (χ2v) is 12.2. The average molecular weight is 552 g/mol. The molecule has 8 nitrogen and oxygen atoms in total. The van der Waals surface area contributed by atoms with E-state index in [4.69, 9.17) is 4.74 Å². The van der Waals surface area contributed by atoms with Crippen LogP contribution in [0, 0.1) is 6.92 Å². The Hall–Kier alpha value is -3.85. The van der Waals surface area contributed by atoms with Crippen LogP contribution in [0.3, 0.4) is 0 Å². The number of carbonyl (C=O) groups excluding carboxylic acids is 2. The number of hydrogen-bond acceptors (Lipinski definition) is 5. The third-order valence-corrected chi connectivity index (χ3v) is 8.03. The molecule has 3 aromatic rings. The summed E-state index contributed by atoms with van der Waals surface area (Å²) in [7, 11) is -2.64. The quantitative estimate of drug-likeness (QED) is 0.399. The minimum atomic E-state index is -4.13. The van der Waals surface area contributed by atoms with Crippen molar-refractivity contribution in [2.24, 2.45) is 0 Å². The van der Waals surface area contributed by atoms with Gasteiger partial charge in [-0.05, 0) is 82.1 Å². The van der Waals surface area contributed by atoms with Crippen molar-refractivity contribution in [3.8, 4) is 5.75 Å². The predicted octanol–water partition coefficient (Wildman–Crippen LogP) is 4.53. The van der Waals surface area contributed by atoms with Crippen LogP contribution in [0.1, 0.15) is 38.8 Å². The first kappa shape index (κ1) is 29.7. The van der Waals surface area contributed by atoms with E-state index < -0.39 is 34.1 Å². The number of amides is 2. The lowest BCUT2D eigenvalue weighted by Crippen LogP contribution is -2.54. The second-order valence-electron chi connectivity index (χ2n) is 10.4. The average Bonchev–Trinajstić information content (AvgIpc) is 2.90. The zero-order chi connectivity index (χ0) is 28.8. The van der Waals surface area contributed by atoms with Crippen LogP contribution in [0.2, 0.25) is 0 Å². The molecule has 0 bridgehead atoms. The van der Waals surface area contributed by atoms with E-state index in [-0.39, 0.29) is 17.3 Å². The molecule has 0 fully saturated rings. The summed E-state index contributed by atoms with van der Waals surface area (Å²) in [5, 5.41) is 2.93. The van der Waals surface area contributed by atoms with Crippen LogP contribution >= 0.6 is 0 Å². The molecule has 0 unspecified atom stereocenters. The van der Waals surface area contributed by atoms with E-state index in [1.165, 1.54) is 24.1 Å². The molecular weight excluding hydrogens is 514 g/mol. The molecule has 0 aromatic heterocycles. The van der Waals surface area contributed by atoms with Crippen molar-refractivity contribution in [3.05, 3.63) is 90.0 Å². The Bertz CT molecular complexity index is 1380. The Balaban J connectivity index is 2.02. The van der Waals surface area contributed by atoms with Crippen LogP contribution < -0.4 is 14.4 Å². The number of nitrogens with zero attached hydrogens (tertiary/aromatic N) is 2. The number of anilines is 1. The lowest BCUT2D eigenvalue weighted by Gasteiger charge is -2.33. The Morgan fingerprint density at radius 1 is 0.923 bits per heavy atom. The van der Waals surface area contributed by atoms with E-state index in [9.17, 15) is 18.0 Å². The number of nitrogens with one attached hydrogen (secondary N) is 1. The van der Waals surface area contributed by atoms with Gasteiger partial charge in [0, 0.05) is 12.1 Å². The maximum Gasteiger partial charge on any atom is 0.264 e. The number of hydrogen-bond donors (Lipinski definition) is 1.